The average Bonchev–Trinajstić information content (AvgIpc) is 2.41. The monoisotopic (exact) mass is 313 g/mol. The van der Waals surface area contributed by atoms with Gasteiger partial charge in [0.1, 0.15) is 4.90 Å². The Morgan fingerprint density at radius 2 is 2.24 bits per heavy atom. The number of carboxylic acids is 1. The van der Waals surface area contributed by atoms with Crippen LogP contribution < -0.4 is 4.72 Å². The van der Waals surface area contributed by atoms with Crippen molar-refractivity contribution in [3.8, 4) is 0 Å². The Bertz CT molecular complexity index is 585. The molecule has 1 aromatic rings. The van der Waals surface area contributed by atoms with Gasteiger partial charge in [0, 0.05) is 24.5 Å². The van der Waals surface area contributed by atoms with Crippen LogP contribution in [0.3, 0.4) is 0 Å². The number of sulfonamides is 1. The second kappa shape index (κ2) is 6.50. The minimum atomic E-state index is -3.55. The molecule has 2 rings (SSSR count). The van der Waals surface area contributed by atoms with Crippen molar-refractivity contribution in [2.45, 2.75) is 36.7 Å². The van der Waals surface area contributed by atoms with E-state index in [-0.39, 0.29) is 23.5 Å². The van der Waals surface area contributed by atoms with Crippen molar-refractivity contribution in [3.05, 3.63) is 24.5 Å². The summed E-state index contributed by atoms with van der Waals surface area (Å²) in [5.74, 6) is -0.865. The van der Waals surface area contributed by atoms with E-state index in [1.54, 1.807) is 6.07 Å². The molecule has 0 unspecified atom stereocenters. The molecule has 8 heteroatoms. The minimum absolute atomic E-state index is 0.0107. The molecule has 1 aromatic heterocycles. The molecule has 1 saturated carbocycles. The number of pyridine rings is 1. The summed E-state index contributed by atoms with van der Waals surface area (Å²) in [5.41, 5.74) is 0. The van der Waals surface area contributed by atoms with Gasteiger partial charge in [-0.25, -0.2) is 13.1 Å². The van der Waals surface area contributed by atoms with Gasteiger partial charge in [0.25, 0.3) is 0 Å². The van der Waals surface area contributed by atoms with Crippen LogP contribution in [-0.4, -0.2) is 54.6 Å². The van der Waals surface area contributed by atoms with Crippen LogP contribution in [0.5, 0.6) is 0 Å². The van der Waals surface area contributed by atoms with Gasteiger partial charge in [-0.15, -0.1) is 0 Å². The van der Waals surface area contributed by atoms with Crippen molar-refractivity contribution in [3.63, 3.8) is 0 Å². The Balaban J connectivity index is 1.89. The quantitative estimate of drug-likeness (QED) is 0.751. The summed E-state index contributed by atoms with van der Waals surface area (Å²) in [6.45, 7) is 2.53. The van der Waals surface area contributed by atoms with E-state index in [0.717, 1.165) is 0 Å². The fourth-order valence-electron chi connectivity index (χ4n) is 2.45. The van der Waals surface area contributed by atoms with Crippen molar-refractivity contribution in [2.75, 3.05) is 13.1 Å². The van der Waals surface area contributed by atoms with Gasteiger partial charge in [-0.2, -0.15) is 0 Å². The van der Waals surface area contributed by atoms with Crippen LogP contribution in [-0.2, 0) is 14.8 Å². The summed E-state index contributed by atoms with van der Waals surface area (Å²) in [6.07, 6.45) is 4.08. The van der Waals surface area contributed by atoms with Crippen LogP contribution in [0.1, 0.15) is 19.8 Å². The first-order valence-electron chi connectivity index (χ1n) is 6.80. The van der Waals surface area contributed by atoms with Gasteiger partial charge in [0.2, 0.25) is 10.0 Å². The third kappa shape index (κ3) is 3.99. The molecule has 0 bridgehead atoms. The maximum atomic E-state index is 12.1. The van der Waals surface area contributed by atoms with E-state index in [0.29, 0.717) is 19.4 Å². The number of likely N-dealkylation sites (N-methyl/N-ethyl adjacent to an activating group) is 1. The molecular formula is C13H19N3O4S. The largest absolute Gasteiger partial charge is 0.480 e. The molecule has 1 fully saturated rings. The molecule has 0 spiro atoms. The van der Waals surface area contributed by atoms with Gasteiger partial charge in [0.05, 0.1) is 6.54 Å². The summed E-state index contributed by atoms with van der Waals surface area (Å²) < 4.78 is 26.8. The molecule has 116 valence electrons. The standard InChI is InChI=1S/C13H19N3O4S/c1-2-16(9-13(17)18)11-6-10(7-11)15-21(19,20)12-4-3-5-14-8-12/h3-5,8,10-11,15H,2,6-7,9H2,1H3,(H,17,18). The fraction of sp³-hybridized carbons (Fsp3) is 0.538. The summed E-state index contributed by atoms with van der Waals surface area (Å²) in [7, 11) is -3.55. The minimum Gasteiger partial charge on any atom is -0.480 e. The Morgan fingerprint density at radius 1 is 1.52 bits per heavy atom. The van der Waals surface area contributed by atoms with Crippen LogP contribution in [0.15, 0.2) is 29.4 Å². The molecule has 2 N–H and O–H groups in total. The number of nitrogens with zero attached hydrogens (tertiary/aromatic N) is 2. The highest BCUT2D eigenvalue weighted by Crippen LogP contribution is 2.26. The highest BCUT2D eigenvalue weighted by atomic mass is 32.2. The molecule has 0 aromatic carbocycles. The summed E-state index contributed by atoms with van der Waals surface area (Å²) >= 11 is 0. The van der Waals surface area contributed by atoms with Gasteiger partial charge >= 0.3 is 5.97 Å². The number of aliphatic carboxylic acids is 1. The molecule has 0 amide bonds. The predicted molar refractivity (Wildman–Crippen MR) is 76.3 cm³/mol. The lowest BCUT2D eigenvalue weighted by molar-refractivity contribution is -0.139. The lowest BCUT2D eigenvalue weighted by Gasteiger charge is -2.42. The Morgan fingerprint density at radius 3 is 2.76 bits per heavy atom. The van der Waals surface area contributed by atoms with Crippen molar-refractivity contribution >= 4 is 16.0 Å². The number of carbonyl (C=O) groups is 1. The summed E-state index contributed by atoms with van der Waals surface area (Å²) in [5, 5.41) is 8.82. The third-order valence-electron chi connectivity index (χ3n) is 3.64. The van der Waals surface area contributed by atoms with Crippen LogP contribution in [0.4, 0.5) is 0 Å². The SMILES string of the molecule is CCN(CC(=O)O)C1CC(NS(=O)(=O)c2cccnc2)C1. The van der Waals surface area contributed by atoms with Crippen molar-refractivity contribution in [1.29, 1.82) is 0 Å². The van der Waals surface area contributed by atoms with Crippen LogP contribution in [0, 0.1) is 0 Å². The highest BCUT2D eigenvalue weighted by Gasteiger charge is 2.36. The zero-order chi connectivity index (χ0) is 15.5. The van der Waals surface area contributed by atoms with E-state index >= 15 is 0 Å². The number of hydrogen-bond donors (Lipinski definition) is 2. The highest BCUT2D eigenvalue weighted by molar-refractivity contribution is 7.89. The van der Waals surface area contributed by atoms with Crippen LogP contribution >= 0.6 is 0 Å². The number of aromatic nitrogens is 1. The fourth-order valence-corrected chi connectivity index (χ4v) is 3.67. The van der Waals surface area contributed by atoms with E-state index in [1.165, 1.54) is 18.5 Å². The van der Waals surface area contributed by atoms with E-state index in [9.17, 15) is 13.2 Å². The van der Waals surface area contributed by atoms with Crippen LogP contribution in [0.25, 0.3) is 0 Å². The molecule has 1 heterocycles. The molecular weight excluding hydrogens is 294 g/mol. The van der Waals surface area contributed by atoms with E-state index in [4.69, 9.17) is 5.11 Å². The first-order valence-corrected chi connectivity index (χ1v) is 8.29. The molecule has 1 aliphatic rings. The third-order valence-corrected chi connectivity index (χ3v) is 5.15. The summed E-state index contributed by atoms with van der Waals surface area (Å²) in [6, 6.07) is 3.04. The zero-order valence-corrected chi connectivity index (χ0v) is 12.6. The first-order chi connectivity index (χ1) is 9.92. The Hall–Kier alpha value is -1.51. The topological polar surface area (TPSA) is 99.6 Å². The van der Waals surface area contributed by atoms with E-state index in [1.807, 2.05) is 11.8 Å². The van der Waals surface area contributed by atoms with Gasteiger partial charge in [-0.05, 0) is 31.5 Å². The maximum absolute atomic E-state index is 12.1. The van der Waals surface area contributed by atoms with Crippen molar-refractivity contribution < 1.29 is 18.3 Å². The van der Waals surface area contributed by atoms with Gasteiger partial charge in [-0.3, -0.25) is 14.7 Å². The number of nitrogens with one attached hydrogen (secondary N) is 1. The predicted octanol–water partition coefficient (Wildman–Crippen LogP) is 0.297. The van der Waals surface area contributed by atoms with Gasteiger partial charge in [-0.1, -0.05) is 6.92 Å². The first kappa shape index (κ1) is 15.9. The molecule has 21 heavy (non-hydrogen) atoms. The second-order valence-corrected chi connectivity index (χ2v) is 6.80. The lowest BCUT2D eigenvalue weighted by Crippen LogP contribution is -2.54. The molecule has 7 nitrogen and oxygen atoms in total. The van der Waals surface area contributed by atoms with E-state index in [2.05, 4.69) is 9.71 Å². The van der Waals surface area contributed by atoms with Gasteiger partial charge in [0.15, 0.2) is 0 Å². The Kier molecular flexibility index (Phi) is 4.92. The second-order valence-electron chi connectivity index (χ2n) is 5.09. The van der Waals surface area contributed by atoms with Crippen molar-refractivity contribution in [1.82, 2.24) is 14.6 Å². The zero-order valence-electron chi connectivity index (χ0n) is 11.8. The molecule has 0 radical (unpaired) electrons. The van der Waals surface area contributed by atoms with Crippen molar-refractivity contribution in [2.24, 2.45) is 0 Å². The van der Waals surface area contributed by atoms with E-state index < -0.39 is 16.0 Å². The number of rotatable bonds is 7. The van der Waals surface area contributed by atoms with Gasteiger partial charge < -0.3 is 5.11 Å². The van der Waals surface area contributed by atoms with Crippen LogP contribution in [0.2, 0.25) is 0 Å². The molecule has 0 atom stereocenters. The Labute approximate surface area is 124 Å². The summed E-state index contributed by atoms with van der Waals surface area (Å²) in [4.78, 5) is 16.5. The molecule has 0 aliphatic heterocycles. The molecule has 0 saturated heterocycles. The number of carboxylic acid groups (broad SMARTS) is 1. The smallest absolute Gasteiger partial charge is 0.317 e. The number of hydrogen-bond acceptors (Lipinski definition) is 5. The average molecular weight is 313 g/mol. The maximum Gasteiger partial charge on any atom is 0.317 e. The lowest BCUT2D eigenvalue weighted by atomic mass is 9.86. The molecule has 1 aliphatic carbocycles. The normalized spacial score (nSPS) is 22.0.